The second-order valence-electron chi connectivity index (χ2n) is 3.85. The maximum absolute atomic E-state index is 11.9. The first-order valence-electron chi connectivity index (χ1n) is 5.90. The molecule has 7 heteroatoms. The van der Waals surface area contributed by atoms with Crippen LogP contribution in [0.5, 0.6) is 0 Å². The van der Waals surface area contributed by atoms with E-state index < -0.39 is 17.9 Å². The summed E-state index contributed by atoms with van der Waals surface area (Å²) in [5.74, 6) is -2.10. The summed E-state index contributed by atoms with van der Waals surface area (Å²) in [4.78, 5) is 36.0. The van der Waals surface area contributed by atoms with Crippen molar-refractivity contribution in [2.24, 2.45) is 0 Å². The molecule has 18 heavy (non-hydrogen) atoms. The van der Waals surface area contributed by atoms with Crippen molar-refractivity contribution in [3.63, 3.8) is 0 Å². The van der Waals surface area contributed by atoms with Crippen molar-refractivity contribution in [2.45, 2.75) is 19.9 Å². The number of amides is 2. The van der Waals surface area contributed by atoms with Gasteiger partial charge in [0.1, 0.15) is 6.04 Å². The van der Waals surface area contributed by atoms with Gasteiger partial charge in [0.05, 0.1) is 19.8 Å². The number of esters is 1. The lowest BCUT2D eigenvalue weighted by atomic mass is 10.2. The van der Waals surface area contributed by atoms with Gasteiger partial charge in [-0.25, -0.2) is 4.79 Å². The number of carbonyl (C=O) groups is 3. The van der Waals surface area contributed by atoms with Crippen molar-refractivity contribution in [3.05, 3.63) is 0 Å². The van der Waals surface area contributed by atoms with Crippen LogP contribution in [0.25, 0.3) is 0 Å². The van der Waals surface area contributed by atoms with Crippen molar-refractivity contribution >= 4 is 17.8 Å². The first-order valence-corrected chi connectivity index (χ1v) is 5.90. The SMILES string of the molecule is CCOC(=O)C(=O)NC(C)C(=O)N1CCOCC1. The van der Waals surface area contributed by atoms with E-state index in [1.807, 2.05) is 0 Å². The summed E-state index contributed by atoms with van der Waals surface area (Å²) in [5.41, 5.74) is 0. The van der Waals surface area contributed by atoms with Gasteiger partial charge >= 0.3 is 11.9 Å². The molecule has 0 spiro atoms. The van der Waals surface area contributed by atoms with E-state index in [1.54, 1.807) is 11.8 Å². The Labute approximate surface area is 105 Å². The highest BCUT2D eigenvalue weighted by atomic mass is 16.5. The summed E-state index contributed by atoms with van der Waals surface area (Å²) < 4.78 is 9.66. The summed E-state index contributed by atoms with van der Waals surface area (Å²) in [6, 6.07) is -0.750. The third-order valence-corrected chi connectivity index (χ3v) is 2.50. The molecule has 1 saturated heterocycles. The Bertz CT molecular complexity index is 325. The van der Waals surface area contributed by atoms with Crippen LogP contribution in [0, 0.1) is 0 Å². The predicted octanol–water partition coefficient (Wildman–Crippen LogP) is -1.09. The van der Waals surface area contributed by atoms with E-state index in [1.165, 1.54) is 6.92 Å². The summed E-state index contributed by atoms with van der Waals surface area (Å²) in [6.07, 6.45) is 0. The van der Waals surface area contributed by atoms with Gasteiger partial charge in [0.2, 0.25) is 5.91 Å². The van der Waals surface area contributed by atoms with E-state index >= 15 is 0 Å². The standard InChI is InChI=1S/C11H18N2O5/c1-3-18-11(16)9(14)12-8(2)10(15)13-4-6-17-7-5-13/h8H,3-7H2,1-2H3,(H,12,14). The zero-order chi connectivity index (χ0) is 13.5. The topological polar surface area (TPSA) is 84.9 Å². The van der Waals surface area contributed by atoms with Crippen molar-refractivity contribution in [1.82, 2.24) is 10.2 Å². The number of ether oxygens (including phenoxy) is 2. The van der Waals surface area contributed by atoms with Crippen LogP contribution in [-0.4, -0.2) is 61.6 Å². The number of carbonyl (C=O) groups excluding carboxylic acids is 3. The lowest BCUT2D eigenvalue weighted by Crippen LogP contribution is -2.51. The number of hydrogen-bond donors (Lipinski definition) is 1. The minimum absolute atomic E-state index is 0.123. The molecule has 0 aromatic carbocycles. The molecule has 0 bridgehead atoms. The largest absolute Gasteiger partial charge is 0.459 e. The molecule has 0 aliphatic carbocycles. The molecule has 0 aromatic rings. The maximum Gasteiger partial charge on any atom is 0.396 e. The van der Waals surface area contributed by atoms with Crippen LogP contribution in [0.2, 0.25) is 0 Å². The van der Waals surface area contributed by atoms with Crippen LogP contribution >= 0.6 is 0 Å². The molecule has 1 aliphatic rings. The zero-order valence-electron chi connectivity index (χ0n) is 10.6. The molecule has 0 aromatic heterocycles. The highest BCUT2D eigenvalue weighted by molar-refractivity contribution is 6.32. The Hall–Kier alpha value is -1.63. The fraction of sp³-hybridized carbons (Fsp3) is 0.727. The average molecular weight is 258 g/mol. The van der Waals surface area contributed by atoms with Gasteiger partial charge in [-0.3, -0.25) is 9.59 Å². The molecular formula is C11H18N2O5. The van der Waals surface area contributed by atoms with Crippen LogP contribution in [0.4, 0.5) is 0 Å². The molecule has 1 aliphatic heterocycles. The summed E-state index contributed by atoms with van der Waals surface area (Å²) in [6.45, 7) is 5.24. The lowest BCUT2D eigenvalue weighted by Gasteiger charge is -2.29. The molecule has 1 unspecified atom stereocenters. The molecule has 1 fully saturated rings. The van der Waals surface area contributed by atoms with Crippen LogP contribution < -0.4 is 5.32 Å². The normalized spacial score (nSPS) is 16.9. The first-order chi connectivity index (χ1) is 8.56. The lowest BCUT2D eigenvalue weighted by molar-refractivity contribution is -0.155. The molecule has 2 amide bonds. The van der Waals surface area contributed by atoms with Gasteiger partial charge < -0.3 is 19.7 Å². The number of rotatable bonds is 3. The van der Waals surface area contributed by atoms with Crippen LogP contribution in [0.15, 0.2) is 0 Å². The molecule has 1 heterocycles. The quantitative estimate of drug-likeness (QED) is 0.514. The Morgan fingerprint density at radius 2 is 1.94 bits per heavy atom. The molecule has 102 valence electrons. The van der Waals surface area contributed by atoms with Gasteiger partial charge in [0.15, 0.2) is 0 Å². The fourth-order valence-corrected chi connectivity index (χ4v) is 1.57. The van der Waals surface area contributed by atoms with Crippen molar-refractivity contribution < 1.29 is 23.9 Å². The number of hydrogen-bond acceptors (Lipinski definition) is 5. The zero-order valence-corrected chi connectivity index (χ0v) is 10.6. The third-order valence-electron chi connectivity index (χ3n) is 2.50. The van der Waals surface area contributed by atoms with E-state index in [-0.39, 0.29) is 12.5 Å². The second kappa shape index (κ2) is 6.95. The number of nitrogens with zero attached hydrogens (tertiary/aromatic N) is 1. The van der Waals surface area contributed by atoms with Crippen LogP contribution in [0.3, 0.4) is 0 Å². The highest BCUT2D eigenvalue weighted by Crippen LogP contribution is 2.00. The highest BCUT2D eigenvalue weighted by Gasteiger charge is 2.26. The Balaban J connectivity index is 2.43. The van der Waals surface area contributed by atoms with E-state index in [9.17, 15) is 14.4 Å². The summed E-state index contributed by atoms with van der Waals surface area (Å²) in [7, 11) is 0. The Morgan fingerprint density at radius 3 is 2.50 bits per heavy atom. The van der Waals surface area contributed by atoms with E-state index in [4.69, 9.17) is 4.74 Å². The van der Waals surface area contributed by atoms with Crippen molar-refractivity contribution in [3.8, 4) is 0 Å². The monoisotopic (exact) mass is 258 g/mol. The minimum Gasteiger partial charge on any atom is -0.459 e. The Morgan fingerprint density at radius 1 is 1.33 bits per heavy atom. The first kappa shape index (κ1) is 14.4. The summed E-state index contributed by atoms with van der Waals surface area (Å²) >= 11 is 0. The molecule has 0 saturated carbocycles. The summed E-state index contributed by atoms with van der Waals surface area (Å²) in [5, 5.41) is 2.32. The third kappa shape index (κ3) is 3.99. The molecule has 1 N–H and O–H groups in total. The van der Waals surface area contributed by atoms with Gasteiger partial charge in [-0.05, 0) is 13.8 Å². The Kier molecular flexibility index (Phi) is 5.57. The predicted molar refractivity (Wildman–Crippen MR) is 61.6 cm³/mol. The minimum atomic E-state index is -0.973. The molecule has 1 rings (SSSR count). The van der Waals surface area contributed by atoms with E-state index in [0.29, 0.717) is 26.3 Å². The van der Waals surface area contributed by atoms with Gasteiger partial charge in [-0.1, -0.05) is 0 Å². The van der Waals surface area contributed by atoms with Crippen LogP contribution in [0.1, 0.15) is 13.8 Å². The second-order valence-corrected chi connectivity index (χ2v) is 3.85. The molecular weight excluding hydrogens is 240 g/mol. The average Bonchev–Trinajstić information content (AvgIpc) is 2.39. The van der Waals surface area contributed by atoms with E-state index in [0.717, 1.165) is 0 Å². The number of nitrogens with one attached hydrogen (secondary N) is 1. The molecule has 0 radical (unpaired) electrons. The number of morpholine rings is 1. The smallest absolute Gasteiger partial charge is 0.396 e. The van der Waals surface area contributed by atoms with E-state index in [2.05, 4.69) is 10.1 Å². The van der Waals surface area contributed by atoms with Gasteiger partial charge in [0.25, 0.3) is 0 Å². The molecule has 7 nitrogen and oxygen atoms in total. The van der Waals surface area contributed by atoms with Crippen molar-refractivity contribution in [2.75, 3.05) is 32.9 Å². The van der Waals surface area contributed by atoms with Crippen molar-refractivity contribution in [1.29, 1.82) is 0 Å². The van der Waals surface area contributed by atoms with Gasteiger partial charge in [-0.15, -0.1) is 0 Å². The fourth-order valence-electron chi connectivity index (χ4n) is 1.57. The van der Waals surface area contributed by atoms with Crippen LogP contribution in [-0.2, 0) is 23.9 Å². The molecule has 1 atom stereocenters. The van der Waals surface area contributed by atoms with Gasteiger partial charge in [0, 0.05) is 13.1 Å². The maximum atomic E-state index is 11.9. The van der Waals surface area contributed by atoms with Gasteiger partial charge in [-0.2, -0.15) is 0 Å².